The van der Waals surface area contributed by atoms with E-state index in [0.29, 0.717) is 6.07 Å². The second-order valence-corrected chi connectivity index (χ2v) is 3.53. The molecule has 1 aromatic carbocycles. The Morgan fingerprint density at radius 3 is 2.56 bits per heavy atom. The maximum absolute atomic E-state index is 13.6. The van der Waals surface area contributed by atoms with Crippen LogP contribution in [-0.2, 0) is 6.18 Å². The van der Waals surface area contributed by atoms with Crippen LogP contribution in [0.15, 0.2) is 18.2 Å². The summed E-state index contributed by atoms with van der Waals surface area (Å²) in [6.07, 6.45) is 0.123. The summed E-state index contributed by atoms with van der Waals surface area (Å²) in [5, 5.41) is 0. The van der Waals surface area contributed by atoms with Crippen molar-refractivity contribution in [1.82, 2.24) is 4.90 Å². The highest BCUT2D eigenvalue weighted by atomic mass is 19.4. The molecule has 0 unspecified atom stereocenters. The lowest BCUT2D eigenvalue weighted by Gasteiger charge is -2.16. The van der Waals surface area contributed by atoms with Crippen LogP contribution in [0.1, 0.15) is 15.9 Å². The molecule has 0 aliphatic carbocycles. The first-order chi connectivity index (χ1) is 8.29. The van der Waals surface area contributed by atoms with Gasteiger partial charge in [-0.25, -0.2) is 4.39 Å². The highest BCUT2D eigenvalue weighted by molar-refractivity contribution is 5.94. The zero-order chi connectivity index (χ0) is 13.9. The van der Waals surface area contributed by atoms with Crippen molar-refractivity contribution in [3.63, 3.8) is 0 Å². The molecule has 0 fully saturated rings. The van der Waals surface area contributed by atoms with Gasteiger partial charge in [-0.2, -0.15) is 13.2 Å². The predicted octanol–water partition coefficient (Wildman–Crippen LogP) is 2.55. The number of terminal acetylenes is 1. The van der Waals surface area contributed by atoms with Crippen molar-refractivity contribution in [2.24, 2.45) is 0 Å². The van der Waals surface area contributed by atoms with Gasteiger partial charge in [0.25, 0.3) is 5.91 Å². The Hall–Kier alpha value is -2.03. The molecule has 0 bridgehead atoms. The molecule has 0 heterocycles. The lowest BCUT2D eigenvalue weighted by atomic mass is 10.1. The van der Waals surface area contributed by atoms with E-state index >= 15 is 0 Å². The molecule has 96 valence electrons. The molecule has 6 heteroatoms. The molecule has 2 nitrogen and oxygen atoms in total. The van der Waals surface area contributed by atoms with Gasteiger partial charge in [0.15, 0.2) is 0 Å². The van der Waals surface area contributed by atoms with Gasteiger partial charge in [-0.05, 0) is 12.1 Å². The lowest BCUT2D eigenvalue weighted by Crippen LogP contribution is -2.28. The Morgan fingerprint density at radius 2 is 2.06 bits per heavy atom. The van der Waals surface area contributed by atoms with E-state index in [0.717, 1.165) is 17.0 Å². The summed E-state index contributed by atoms with van der Waals surface area (Å²) in [6.45, 7) is -0.117. The van der Waals surface area contributed by atoms with Crippen molar-refractivity contribution in [1.29, 1.82) is 0 Å². The molecule has 0 radical (unpaired) electrons. The molecule has 18 heavy (non-hydrogen) atoms. The summed E-state index contributed by atoms with van der Waals surface area (Å²) in [7, 11) is 1.28. The number of benzene rings is 1. The van der Waals surface area contributed by atoms with Crippen molar-refractivity contribution < 1.29 is 22.4 Å². The standard InChI is InChI=1S/C12H9F4NO/c1-3-7-17(2)11(18)8-5-4-6-9(10(8)13)12(14,15)16/h1,4-6H,7H2,2H3. The van der Waals surface area contributed by atoms with E-state index < -0.39 is 29.0 Å². The van der Waals surface area contributed by atoms with E-state index in [1.54, 1.807) is 0 Å². The zero-order valence-corrected chi connectivity index (χ0v) is 9.38. The molecule has 0 atom stereocenters. The van der Waals surface area contributed by atoms with E-state index in [4.69, 9.17) is 6.42 Å². The topological polar surface area (TPSA) is 20.3 Å². The van der Waals surface area contributed by atoms with Crippen molar-refractivity contribution >= 4 is 5.91 Å². The first-order valence-electron chi connectivity index (χ1n) is 4.83. The molecule has 1 rings (SSSR count). The Morgan fingerprint density at radius 1 is 1.44 bits per heavy atom. The minimum absolute atomic E-state index is 0.117. The number of alkyl halides is 3. The Balaban J connectivity index is 3.20. The lowest BCUT2D eigenvalue weighted by molar-refractivity contribution is -0.140. The summed E-state index contributed by atoms with van der Waals surface area (Å²) in [6, 6.07) is 2.54. The van der Waals surface area contributed by atoms with E-state index in [-0.39, 0.29) is 6.54 Å². The van der Waals surface area contributed by atoms with Crippen LogP contribution in [0.2, 0.25) is 0 Å². The number of nitrogens with zero attached hydrogens (tertiary/aromatic N) is 1. The Labute approximate surface area is 101 Å². The van der Waals surface area contributed by atoms with Crippen LogP contribution in [-0.4, -0.2) is 24.4 Å². The second kappa shape index (κ2) is 5.08. The maximum Gasteiger partial charge on any atom is 0.419 e. The number of hydrogen-bond donors (Lipinski definition) is 0. The third-order valence-electron chi connectivity index (χ3n) is 2.21. The van der Waals surface area contributed by atoms with Gasteiger partial charge in [0.05, 0.1) is 17.7 Å². The fourth-order valence-electron chi connectivity index (χ4n) is 1.33. The summed E-state index contributed by atoms with van der Waals surface area (Å²) in [5.74, 6) is -0.334. The number of carbonyl (C=O) groups is 1. The molecule has 0 N–H and O–H groups in total. The minimum atomic E-state index is -4.84. The van der Waals surface area contributed by atoms with Crippen LogP contribution in [0.25, 0.3) is 0 Å². The van der Waals surface area contributed by atoms with Crippen molar-refractivity contribution in [2.45, 2.75) is 6.18 Å². The molecule has 0 aromatic heterocycles. The quantitative estimate of drug-likeness (QED) is 0.590. The van der Waals surface area contributed by atoms with Gasteiger partial charge in [0, 0.05) is 7.05 Å². The van der Waals surface area contributed by atoms with Crippen molar-refractivity contribution in [2.75, 3.05) is 13.6 Å². The summed E-state index contributed by atoms with van der Waals surface area (Å²) >= 11 is 0. The molecule has 0 aliphatic rings. The first kappa shape index (κ1) is 14.0. The molecule has 0 saturated carbocycles. The van der Waals surface area contributed by atoms with E-state index in [1.165, 1.54) is 7.05 Å². The summed E-state index contributed by atoms with van der Waals surface area (Å²) < 4.78 is 50.9. The van der Waals surface area contributed by atoms with Crippen LogP contribution < -0.4 is 0 Å². The average Bonchev–Trinajstić information content (AvgIpc) is 2.27. The van der Waals surface area contributed by atoms with E-state index in [9.17, 15) is 22.4 Å². The largest absolute Gasteiger partial charge is 0.419 e. The van der Waals surface area contributed by atoms with Gasteiger partial charge < -0.3 is 4.90 Å². The third kappa shape index (κ3) is 2.80. The number of carbonyl (C=O) groups excluding carboxylic acids is 1. The monoisotopic (exact) mass is 259 g/mol. The van der Waals surface area contributed by atoms with Crippen LogP contribution >= 0.6 is 0 Å². The predicted molar refractivity (Wildman–Crippen MR) is 57.2 cm³/mol. The van der Waals surface area contributed by atoms with Gasteiger partial charge >= 0.3 is 6.18 Å². The molecular formula is C12H9F4NO. The fourth-order valence-corrected chi connectivity index (χ4v) is 1.33. The van der Waals surface area contributed by atoms with Crippen LogP contribution in [0.5, 0.6) is 0 Å². The maximum atomic E-state index is 13.6. The molecular weight excluding hydrogens is 250 g/mol. The van der Waals surface area contributed by atoms with Crippen LogP contribution in [0, 0.1) is 18.2 Å². The highest BCUT2D eigenvalue weighted by Crippen LogP contribution is 2.32. The Kier molecular flexibility index (Phi) is 3.96. The molecule has 1 amide bonds. The fraction of sp³-hybridized carbons (Fsp3) is 0.250. The van der Waals surface area contributed by atoms with E-state index in [2.05, 4.69) is 5.92 Å². The highest BCUT2D eigenvalue weighted by Gasteiger charge is 2.35. The van der Waals surface area contributed by atoms with Crippen molar-refractivity contribution in [3.05, 3.63) is 35.1 Å². The molecule has 0 saturated heterocycles. The number of hydrogen-bond acceptors (Lipinski definition) is 1. The molecule has 0 aliphatic heterocycles. The van der Waals surface area contributed by atoms with Crippen LogP contribution in [0.4, 0.5) is 17.6 Å². The molecule has 1 aromatic rings. The van der Waals surface area contributed by atoms with Gasteiger partial charge in [-0.15, -0.1) is 6.42 Å². The van der Waals surface area contributed by atoms with Gasteiger partial charge in [-0.3, -0.25) is 4.79 Å². The summed E-state index contributed by atoms with van der Waals surface area (Å²) in [5.41, 5.74) is -2.12. The molecule has 0 spiro atoms. The second-order valence-electron chi connectivity index (χ2n) is 3.53. The average molecular weight is 259 g/mol. The first-order valence-corrected chi connectivity index (χ1v) is 4.83. The zero-order valence-electron chi connectivity index (χ0n) is 9.38. The van der Waals surface area contributed by atoms with Crippen molar-refractivity contribution in [3.8, 4) is 12.3 Å². The minimum Gasteiger partial charge on any atom is -0.330 e. The number of halogens is 4. The van der Waals surface area contributed by atoms with E-state index in [1.807, 2.05) is 0 Å². The number of rotatable bonds is 2. The Bertz CT molecular complexity index is 502. The summed E-state index contributed by atoms with van der Waals surface area (Å²) in [4.78, 5) is 12.6. The SMILES string of the molecule is C#CCN(C)C(=O)c1cccc(C(F)(F)F)c1F. The third-order valence-corrected chi connectivity index (χ3v) is 2.21. The normalized spacial score (nSPS) is 10.9. The smallest absolute Gasteiger partial charge is 0.330 e. The number of amides is 1. The van der Waals surface area contributed by atoms with Crippen LogP contribution in [0.3, 0.4) is 0 Å². The van der Waals surface area contributed by atoms with Gasteiger partial charge in [0.1, 0.15) is 5.82 Å². The van der Waals surface area contributed by atoms with Gasteiger partial charge in [-0.1, -0.05) is 12.0 Å². The van der Waals surface area contributed by atoms with Gasteiger partial charge in [0.2, 0.25) is 0 Å².